The fraction of sp³-hybridized carbons (Fsp3) is 0.167. The van der Waals surface area contributed by atoms with Crippen molar-refractivity contribution in [3.8, 4) is 11.4 Å². The lowest BCUT2D eigenvalue weighted by atomic mass is 10.1. The molecule has 1 aromatic heterocycles. The van der Waals surface area contributed by atoms with E-state index >= 15 is 0 Å². The lowest BCUT2D eigenvalue weighted by molar-refractivity contribution is 0.102. The first-order valence-electron chi connectivity index (χ1n) is 7.86. The van der Waals surface area contributed by atoms with Gasteiger partial charge < -0.3 is 10.1 Å². The van der Waals surface area contributed by atoms with Gasteiger partial charge in [-0.3, -0.25) is 4.79 Å². The number of halogens is 2. The van der Waals surface area contributed by atoms with E-state index in [1.165, 1.54) is 29.5 Å². The van der Waals surface area contributed by atoms with Crippen LogP contribution >= 0.6 is 15.9 Å². The molecule has 1 N–H and O–H groups in total. The third-order valence-corrected chi connectivity index (χ3v) is 3.92. The van der Waals surface area contributed by atoms with E-state index in [-0.39, 0.29) is 17.7 Å². The average Bonchev–Trinajstić information content (AvgIpc) is 3.08. The number of ether oxygens (including phenoxy) is 1. The largest absolute Gasteiger partial charge is 0.490 e. The summed E-state index contributed by atoms with van der Waals surface area (Å²) in [7, 11) is 0. The van der Waals surface area contributed by atoms with Gasteiger partial charge in [0.2, 0.25) is 0 Å². The van der Waals surface area contributed by atoms with E-state index in [9.17, 15) is 9.18 Å². The quantitative estimate of drug-likeness (QED) is 0.673. The second kappa shape index (κ2) is 7.65. The van der Waals surface area contributed by atoms with Gasteiger partial charge in [0, 0.05) is 10.2 Å². The van der Waals surface area contributed by atoms with Crippen molar-refractivity contribution in [3.05, 3.63) is 64.9 Å². The Morgan fingerprint density at radius 2 is 2.08 bits per heavy atom. The van der Waals surface area contributed by atoms with Crippen molar-refractivity contribution in [1.82, 2.24) is 14.8 Å². The van der Waals surface area contributed by atoms with Crippen molar-refractivity contribution >= 4 is 27.5 Å². The van der Waals surface area contributed by atoms with Gasteiger partial charge in [-0.05, 0) is 50.2 Å². The Morgan fingerprint density at radius 3 is 2.73 bits per heavy atom. The number of hydrogen-bond donors (Lipinski definition) is 1. The second-order valence-corrected chi connectivity index (χ2v) is 6.68. The summed E-state index contributed by atoms with van der Waals surface area (Å²) in [4.78, 5) is 16.4. The molecule has 26 heavy (non-hydrogen) atoms. The average molecular weight is 419 g/mol. The summed E-state index contributed by atoms with van der Waals surface area (Å²) in [6, 6.07) is 9.47. The number of anilines is 1. The fourth-order valence-electron chi connectivity index (χ4n) is 2.34. The van der Waals surface area contributed by atoms with Crippen LogP contribution in [0.3, 0.4) is 0 Å². The zero-order valence-corrected chi connectivity index (χ0v) is 15.7. The normalized spacial score (nSPS) is 10.8. The summed E-state index contributed by atoms with van der Waals surface area (Å²) in [6.45, 7) is 3.75. The Bertz CT molecular complexity index is 929. The Morgan fingerprint density at radius 1 is 1.27 bits per heavy atom. The summed E-state index contributed by atoms with van der Waals surface area (Å²) in [5, 5.41) is 6.58. The predicted molar refractivity (Wildman–Crippen MR) is 99.2 cm³/mol. The van der Waals surface area contributed by atoms with Crippen LogP contribution < -0.4 is 10.1 Å². The molecule has 0 fully saturated rings. The van der Waals surface area contributed by atoms with Gasteiger partial charge in [-0.1, -0.05) is 15.9 Å². The first-order valence-corrected chi connectivity index (χ1v) is 8.65. The molecule has 0 saturated carbocycles. The zero-order chi connectivity index (χ0) is 18.7. The minimum Gasteiger partial charge on any atom is -0.490 e. The van der Waals surface area contributed by atoms with E-state index in [2.05, 4.69) is 31.3 Å². The van der Waals surface area contributed by atoms with Crippen molar-refractivity contribution in [1.29, 1.82) is 0 Å². The van der Waals surface area contributed by atoms with E-state index in [0.29, 0.717) is 17.0 Å². The first kappa shape index (κ1) is 18.1. The van der Waals surface area contributed by atoms with Crippen LogP contribution in [0.25, 0.3) is 5.69 Å². The van der Waals surface area contributed by atoms with Crippen LogP contribution in [0, 0.1) is 5.82 Å². The Balaban J connectivity index is 1.83. The van der Waals surface area contributed by atoms with Gasteiger partial charge in [0.25, 0.3) is 5.91 Å². The van der Waals surface area contributed by atoms with E-state index < -0.39 is 5.82 Å². The number of benzene rings is 2. The summed E-state index contributed by atoms with van der Waals surface area (Å²) in [5.74, 6) is -0.463. The van der Waals surface area contributed by atoms with Crippen molar-refractivity contribution in [2.75, 3.05) is 5.32 Å². The van der Waals surface area contributed by atoms with Gasteiger partial charge >= 0.3 is 0 Å². The molecule has 0 bridgehead atoms. The molecule has 1 amide bonds. The molecule has 0 saturated heterocycles. The zero-order valence-electron chi connectivity index (χ0n) is 14.1. The topological polar surface area (TPSA) is 69.0 Å². The summed E-state index contributed by atoms with van der Waals surface area (Å²) in [5.41, 5.74) is 0.936. The van der Waals surface area contributed by atoms with Gasteiger partial charge in [-0.2, -0.15) is 5.10 Å². The van der Waals surface area contributed by atoms with Crippen molar-refractivity contribution < 1.29 is 13.9 Å². The number of amides is 1. The summed E-state index contributed by atoms with van der Waals surface area (Å²) >= 11 is 3.36. The molecule has 8 heteroatoms. The van der Waals surface area contributed by atoms with Crippen LogP contribution in [0.5, 0.6) is 5.75 Å². The Kier molecular flexibility index (Phi) is 5.32. The molecule has 0 aliphatic heterocycles. The highest BCUT2D eigenvalue weighted by Crippen LogP contribution is 2.26. The monoisotopic (exact) mass is 418 g/mol. The van der Waals surface area contributed by atoms with Gasteiger partial charge in [0.15, 0.2) is 5.82 Å². The molecule has 0 aliphatic carbocycles. The van der Waals surface area contributed by atoms with Gasteiger partial charge in [0.1, 0.15) is 24.1 Å². The molecule has 0 aliphatic rings. The molecule has 3 aromatic rings. The molecule has 134 valence electrons. The molecular weight excluding hydrogens is 403 g/mol. The van der Waals surface area contributed by atoms with E-state index in [0.717, 1.165) is 4.47 Å². The minimum atomic E-state index is -0.525. The number of nitrogens with zero attached hydrogens (tertiary/aromatic N) is 3. The van der Waals surface area contributed by atoms with Crippen LogP contribution in [0.4, 0.5) is 10.1 Å². The standard InChI is InChI=1S/C18H16BrFN4O2/c1-11(2)26-17-7-12(19)3-5-14(17)18(25)23-13-4-6-16(15(20)8-13)24-10-21-9-22-24/h3-11H,1-2H3,(H,23,25). The second-order valence-electron chi connectivity index (χ2n) is 5.77. The van der Waals surface area contributed by atoms with E-state index in [1.807, 2.05) is 13.8 Å². The number of carbonyl (C=O) groups is 1. The third-order valence-electron chi connectivity index (χ3n) is 3.42. The Labute approximate surface area is 158 Å². The highest BCUT2D eigenvalue weighted by atomic mass is 79.9. The lowest BCUT2D eigenvalue weighted by Crippen LogP contribution is -2.16. The summed E-state index contributed by atoms with van der Waals surface area (Å²) < 4.78 is 22.1. The number of carbonyl (C=O) groups excluding carboxylic acids is 1. The molecular formula is C18H16BrFN4O2. The van der Waals surface area contributed by atoms with Gasteiger partial charge in [-0.15, -0.1) is 0 Å². The van der Waals surface area contributed by atoms with Crippen LogP contribution in [0.1, 0.15) is 24.2 Å². The smallest absolute Gasteiger partial charge is 0.259 e. The Hall–Kier alpha value is -2.74. The maximum Gasteiger partial charge on any atom is 0.259 e. The predicted octanol–water partition coefficient (Wildman–Crippen LogP) is 4.21. The fourth-order valence-corrected chi connectivity index (χ4v) is 2.68. The molecule has 6 nitrogen and oxygen atoms in total. The van der Waals surface area contributed by atoms with Crippen LogP contribution in [0.15, 0.2) is 53.5 Å². The molecule has 0 spiro atoms. The number of rotatable bonds is 5. The van der Waals surface area contributed by atoms with Crippen molar-refractivity contribution in [2.45, 2.75) is 20.0 Å². The maximum absolute atomic E-state index is 14.3. The highest BCUT2D eigenvalue weighted by molar-refractivity contribution is 9.10. The minimum absolute atomic E-state index is 0.0877. The van der Waals surface area contributed by atoms with E-state index in [4.69, 9.17) is 4.74 Å². The van der Waals surface area contributed by atoms with Gasteiger partial charge in [-0.25, -0.2) is 14.1 Å². The third kappa shape index (κ3) is 4.08. The van der Waals surface area contributed by atoms with Crippen molar-refractivity contribution in [3.63, 3.8) is 0 Å². The molecule has 1 heterocycles. The lowest BCUT2D eigenvalue weighted by Gasteiger charge is -2.15. The first-order chi connectivity index (χ1) is 12.4. The van der Waals surface area contributed by atoms with Gasteiger partial charge in [0.05, 0.1) is 11.7 Å². The molecule has 3 rings (SSSR count). The summed E-state index contributed by atoms with van der Waals surface area (Å²) in [6.07, 6.45) is 2.63. The number of aromatic nitrogens is 3. The van der Waals surface area contributed by atoms with Crippen LogP contribution in [-0.4, -0.2) is 26.8 Å². The number of hydrogen-bond acceptors (Lipinski definition) is 4. The van der Waals surface area contributed by atoms with Crippen LogP contribution in [0.2, 0.25) is 0 Å². The molecule has 0 radical (unpaired) electrons. The number of nitrogens with one attached hydrogen (secondary N) is 1. The molecule has 2 aromatic carbocycles. The highest BCUT2D eigenvalue weighted by Gasteiger charge is 2.15. The van der Waals surface area contributed by atoms with E-state index in [1.54, 1.807) is 24.3 Å². The van der Waals surface area contributed by atoms with Crippen LogP contribution in [-0.2, 0) is 0 Å². The SMILES string of the molecule is CC(C)Oc1cc(Br)ccc1C(=O)Nc1ccc(-n2cncn2)c(F)c1. The molecule has 0 unspecified atom stereocenters. The maximum atomic E-state index is 14.3. The molecule has 0 atom stereocenters. The van der Waals surface area contributed by atoms with Crippen molar-refractivity contribution in [2.24, 2.45) is 0 Å².